The highest BCUT2D eigenvalue weighted by atomic mass is 19.1. The number of carbonyl (C=O) groups is 1. The van der Waals surface area contributed by atoms with Gasteiger partial charge in [-0.05, 0) is 24.3 Å². The van der Waals surface area contributed by atoms with E-state index in [4.69, 9.17) is 9.84 Å². The van der Waals surface area contributed by atoms with E-state index in [1.807, 2.05) is 0 Å². The Hall–Kier alpha value is -1.78. The van der Waals surface area contributed by atoms with E-state index in [1.54, 1.807) is 31.4 Å². The third-order valence-electron chi connectivity index (χ3n) is 2.01. The van der Waals surface area contributed by atoms with Crippen LogP contribution in [0.3, 0.4) is 0 Å². The third-order valence-corrected chi connectivity index (χ3v) is 2.01. The van der Waals surface area contributed by atoms with Crippen LogP contribution in [0.5, 0.6) is 5.75 Å². The Balaban J connectivity index is 2.39. The van der Waals surface area contributed by atoms with Gasteiger partial charge in [0.15, 0.2) is 0 Å². The molecule has 0 aliphatic rings. The van der Waals surface area contributed by atoms with E-state index in [0.717, 1.165) is 5.69 Å². The number of ether oxygens (including phenoxy) is 1. The van der Waals surface area contributed by atoms with Gasteiger partial charge in [0.05, 0.1) is 13.5 Å². The number of carboxylic acid groups (broad SMARTS) is 1. The fourth-order valence-electron chi connectivity index (χ4n) is 1.20. The summed E-state index contributed by atoms with van der Waals surface area (Å²) >= 11 is 0. The van der Waals surface area contributed by atoms with E-state index >= 15 is 0 Å². The Morgan fingerprint density at radius 2 is 2.12 bits per heavy atom. The van der Waals surface area contributed by atoms with Crippen molar-refractivity contribution in [2.24, 2.45) is 0 Å². The minimum atomic E-state index is -1.39. The van der Waals surface area contributed by atoms with Crippen molar-refractivity contribution in [3.05, 3.63) is 24.3 Å². The molecular formula is C11H14FNO3. The van der Waals surface area contributed by atoms with Crippen LogP contribution in [0, 0.1) is 0 Å². The molecule has 16 heavy (non-hydrogen) atoms. The molecule has 0 bridgehead atoms. The Morgan fingerprint density at radius 1 is 1.50 bits per heavy atom. The van der Waals surface area contributed by atoms with Gasteiger partial charge in [-0.1, -0.05) is 0 Å². The molecule has 0 saturated carbocycles. The van der Waals surface area contributed by atoms with Gasteiger partial charge in [-0.25, -0.2) is 4.39 Å². The van der Waals surface area contributed by atoms with Crippen LogP contribution < -0.4 is 10.1 Å². The van der Waals surface area contributed by atoms with Gasteiger partial charge in [0, 0.05) is 12.2 Å². The molecule has 1 aromatic carbocycles. The predicted molar refractivity (Wildman–Crippen MR) is 58.6 cm³/mol. The summed E-state index contributed by atoms with van der Waals surface area (Å²) in [5, 5.41) is 11.2. The van der Waals surface area contributed by atoms with Gasteiger partial charge < -0.3 is 15.2 Å². The number of carboxylic acids is 1. The van der Waals surface area contributed by atoms with Gasteiger partial charge in [0.1, 0.15) is 11.9 Å². The van der Waals surface area contributed by atoms with Gasteiger partial charge in [0.2, 0.25) is 0 Å². The molecule has 0 saturated heterocycles. The van der Waals surface area contributed by atoms with E-state index in [1.165, 1.54) is 0 Å². The van der Waals surface area contributed by atoms with Crippen LogP contribution in [0.2, 0.25) is 0 Å². The second kappa shape index (κ2) is 5.95. The number of rotatable bonds is 6. The minimum absolute atomic E-state index is 0.0152. The van der Waals surface area contributed by atoms with E-state index < -0.39 is 18.6 Å². The van der Waals surface area contributed by atoms with E-state index in [-0.39, 0.29) is 6.54 Å². The zero-order valence-electron chi connectivity index (χ0n) is 8.94. The highest BCUT2D eigenvalue weighted by Gasteiger charge is 2.10. The van der Waals surface area contributed by atoms with Crippen molar-refractivity contribution in [1.29, 1.82) is 0 Å². The average molecular weight is 227 g/mol. The molecule has 0 fully saturated rings. The van der Waals surface area contributed by atoms with Gasteiger partial charge in [-0.2, -0.15) is 0 Å². The fourth-order valence-corrected chi connectivity index (χ4v) is 1.20. The quantitative estimate of drug-likeness (QED) is 0.779. The molecule has 0 heterocycles. The van der Waals surface area contributed by atoms with Crippen LogP contribution in [0.4, 0.5) is 10.1 Å². The summed E-state index contributed by atoms with van der Waals surface area (Å²) in [5.41, 5.74) is 0.730. The molecule has 0 spiro atoms. The molecule has 0 radical (unpaired) electrons. The Labute approximate surface area is 93.0 Å². The molecule has 0 aliphatic carbocycles. The van der Waals surface area contributed by atoms with Crippen molar-refractivity contribution >= 4 is 11.7 Å². The fraction of sp³-hybridized carbons (Fsp3) is 0.364. The number of benzene rings is 1. The smallest absolute Gasteiger partial charge is 0.306 e. The lowest BCUT2D eigenvalue weighted by atomic mass is 10.2. The maximum atomic E-state index is 13.0. The first-order valence-electron chi connectivity index (χ1n) is 4.85. The van der Waals surface area contributed by atoms with Crippen molar-refractivity contribution in [2.75, 3.05) is 19.0 Å². The van der Waals surface area contributed by atoms with Crippen molar-refractivity contribution in [3.63, 3.8) is 0 Å². The van der Waals surface area contributed by atoms with Crippen LogP contribution in [-0.4, -0.2) is 30.9 Å². The van der Waals surface area contributed by atoms with E-state index in [2.05, 4.69) is 5.32 Å². The van der Waals surface area contributed by atoms with Gasteiger partial charge >= 0.3 is 5.97 Å². The first-order valence-corrected chi connectivity index (χ1v) is 4.85. The second-order valence-corrected chi connectivity index (χ2v) is 3.30. The van der Waals surface area contributed by atoms with E-state index in [9.17, 15) is 9.18 Å². The summed E-state index contributed by atoms with van der Waals surface area (Å²) < 4.78 is 18.0. The average Bonchev–Trinajstić information content (AvgIpc) is 2.26. The first kappa shape index (κ1) is 12.3. The van der Waals surface area contributed by atoms with Crippen LogP contribution in [0.25, 0.3) is 0 Å². The highest BCUT2D eigenvalue weighted by Crippen LogP contribution is 2.15. The van der Waals surface area contributed by atoms with Crippen LogP contribution in [0.1, 0.15) is 6.42 Å². The van der Waals surface area contributed by atoms with Gasteiger partial charge in [0.25, 0.3) is 0 Å². The number of halogens is 1. The zero-order chi connectivity index (χ0) is 12.0. The topological polar surface area (TPSA) is 58.6 Å². The number of hydrogen-bond donors (Lipinski definition) is 2. The lowest BCUT2D eigenvalue weighted by Gasteiger charge is -2.09. The number of aliphatic carboxylic acids is 1. The Kier molecular flexibility index (Phi) is 4.57. The summed E-state index contributed by atoms with van der Waals surface area (Å²) in [7, 11) is 1.56. The molecule has 5 heteroatoms. The first-order chi connectivity index (χ1) is 7.61. The monoisotopic (exact) mass is 227 g/mol. The zero-order valence-corrected chi connectivity index (χ0v) is 8.94. The number of nitrogens with one attached hydrogen (secondary N) is 1. The molecule has 0 amide bonds. The molecule has 1 rings (SSSR count). The van der Waals surface area contributed by atoms with Crippen LogP contribution in [-0.2, 0) is 4.79 Å². The second-order valence-electron chi connectivity index (χ2n) is 3.30. The summed E-state index contributed by atoms with van der Waals surface area (Å²) in [6.07, 6.45) is -1.87. The predicted octanol–water partition coefficient (Wildman–Crippen LogP) is 1.92. The largest absolute Gasteiger partial charge is 0.497 e. The molecule has 0 aliphatic heterocycles. The van der Waals surface area contributed by atoms with Crippen molar-refractivity contribution in [1.82, 2.24) is 0 Å². The number of alkyl halides is 1. The number of anilines is 1. The van der Waals surface area contributed by atoms with Gasteiger partial charge in [-0.15, -0.1) is 0 Å². The lowest BCUT2D eigenvalue weighted by molar-refractivity contribution is -0.138. The van der Waals surface area contributed by atoms with Crippen LogP contribution in [0.15, 0.2) is 24.3 Å². The normalized spacial score (nSPS) is 11.9. The third kappa shape index (κ3) is 4.16. The SMILES string of the molecule is COc1ccc(NCC(F)CC(=O)O)cc1. The lowest BCUT2D eigenvalue weighted by Crippen LogP contribution is -2.18. The maximum absolute atomic E-state index is 13.0. The van der Waals surface area contributed by atoms with Gasteiger partial charge in [-0.3, -0.25) is 4.79 Å². The molecule has 1 unspecified atom stereocenters. The summed E-state index contributed by atoms with van der Waals surface area (Å²) in [6, 6.07) is 6.97. The minimum Gasteiger partial charge on any atom is -0.497 e. The summed E-state index contributed by atoms with van der Waals surface area (Å²) in [5.74, 6) is -0.420. The Bertz CT molecular complexity index is 340. The standard InChI is InChI=1S/C11H14FNO3/c1-16-10-4-2-9(3-5-10)13-7-8(12)6-11(14)15/h2-5,8,13H,6-7H2,1H3,(H,14,15). The molecule has 1 atom stereocenters. The molecule has 0 aromatic heterocycles. The maximum Gasteiger partial charge on any atom is 0.306 e. The van der Waals surface area contributed by atoms with Crippen LogP contribution >= 0.6 is 0 Å². The molecule has 1 aromatic rings. The summed E-state index contributed by atoms with van der Waals surface area (Å²) in [6.45, 7) is -0.0152. The van der Waals surface area contributed by atoms with E-state index in [0.29, 0.717) is 5.75 Å². The molecule has 88 valence electrons. The highest BCUT2D eigenvalue weighted by molar-refractivity contribution is 5.67. The number of methoxy groups -OCH3 is 1. The van der Waals surface area contributed by atoms with Crippen molar-refractivity contribution in [3.8, 4) is 5.75 Å². The molecular weight excluding hydrogens is 213 g/mol. The van der Waals surface area contributed by atoms with Crippen molar-refractivity contribution in [2.45, 2.75) is 12.6 Å². The summed E-state index contributed by atoms with van der Waals surface area (Å²) in [4.78, 5) is 10.2. The molecule has 4 nitrogen and oxygen atoms in total. The van der Waals surface area contributed by atoms with Crippen molar-refractivity contribution < 1.29 is 19.0 Å². The number of hydrogen-bond acceptors (Lipinski definition) is 3. The Morgan fingerprint density at radius 3 is 2.62 bits per heavy atom. The molecule has 2 N–H and O–H groups in total.